The Balaban J connectivity index is 0.00000243. The van der Waals surface area contributed by atoms with Gasteiger partial charge in [-0.3, -0.25) is 4.79 Å². The van der Waals surface area contributed by atoms with Crippen LogP contribution in [-0.4, -0.2) is 25.7 Å². The lowest BCUT2D eigenvalue weighted by molar-refractivity contribution is 0.102. The first-order valence-corrected chi connectivity index (χ1v) is 8.74. The number of ether oxygens (including phenoxy) is 2. The van der Waals surface area contributed by atoms with Crippen LogP contribution in [0.1, 0.15) is 35.3 Å². The van der Waals surface area contributed by atoms with Gasteiger partial charge in [-0.25, -0.2) is 0 Å². The van der Waals surface area contributed by atoms with Gasteiger partial charge in [-0.1, -0.05) is 6.07 Å². The zero-order valence-electron chi connectivity index (χ0n) is 15.1. The summed E-state index contributed by atoms with van der Waals surface area (Å²) in [5, 5.41) is 6.32. The number of fused-ring (bicyclic) bond motifs is 1. The third-order valence-electron chi connectivity index (χ3n) is 4.16. The molecule has 0 saturated carbocycles. The van der Waals surface area contributed by atoms with Crippen molar-refractivity contribution in [3.05, 3.63) is 53.1 Å². The summed E-state index contributed by atoms with van der Waals surface area (Å²) in [4.78, 5) is 12.6. The highest BCUT2D eigenvalue weighted by Crippen LogP contribution is 2.29. The summed E-state index contributed by atoms with van der Waals surface area (Å²) in [5.74, 6) is 1.08. The van der Waals surface area contributed by atoms with Crippen LogP contribution < -0.4 is 20.1 Å². The van der Waals surface area contributed by atoms with Crippen molar-refractivity contribution in [1.82, 2.24) is 5.32 Å². The van der Waals surface area contributed by atoms with Gasteiger partial charge in [0, 0.05) is 17.8 Å². The van der Waals surface area contributed by atoms with Gasteiger partial charge in [-0.15, -0.1) is 12.4 Å². The Morgan fingerprint density at radius 2 is 1.81 bits per heavy atom. The summed E-state index contributed by atoms with van der Waals surface area (Å²) in [6.45, 7) is 6.74. The van der Waals surface area contributed by atoms with E-state index in [1.807, 2.05) is 26.0 Å². The van der Waals surface area contributed by atoms with Crippen LogP contribution in [0.25, 0.3) is 0 Å². The molecule has 0 bridgehead atoms. The van der Waals surface area contributed by atoms with E-state index in [1.54, 1.807) is 18.2 Å². The van der Waals surface area contributed by atoms with Crippen molar-refractivity contribution in [3.63, 3.8) is 0 Å². The maximum atomic E-state index is 12.6. The van der Waals surface area contributed by atoms with Crippen LogP contribution in [0.3, 0.4) is 0 Å². The molecule has 1 amide bonds. The number of anilines is 1. The predicted octanol–water partition coefficient (Wildman–Crippen LogP) is 3.80. The quantitative estimate of drug-likeness (QED) is 0.805. The van der Waals surface area contributed by atoms with Crippen molar-refractivity contribution in [2.45, 2.75) is 26.8 Å². The molecule has 0 saturated heterocycles. The number of rotatable bonds is 6. The van der Waals surface area contributed by atoms with E-state index >= 15 is 0 Å². The molecule has 1 aliphatic rings. The highest BCUT2D eigenvalue weighted by Gasteiger charge is 2.13. The molecule has 2 aromatic rings. The number of amides is 1. The molecular formula is C20H25ClN2O3. The molecule has 0 spiro atoms. The molecule has 3 rings (SSSR count). The highest BCUT2D eigenvalue weighted by atomic mass is 35.5. The molecule has 140 valence electrons. The van der Waals surface area contributed by atoms with E-state index in [1.165, 1.54) is 11.1 Å². The number of hydrogen-bond acceptors (Lipinski definition) is 4. The Kier molecular flexibility index (Phi) is 7.30. The van der Waals surface area contributed by atoms with E-state index in [4.69, 9.17) is 9.47 Å². The zero-order chi connectivity index (χ0) is 17.6. The largest absolute Gasteiger partial charge is 0.490 e. The average Bonchev–Trinajstić information content (AvgIpc) is 2.63. The minimum atomic E-state index is -0.160. The summed E-state index contributed by atoms with van der Waals surface area (Å²) in [6.07, 6.45) is 1.03. The molecule has 0 aliphatic carbocycles. The van der Waals surface area contributed by atoms with Gasteiger partial charge in [0.1, 0.15) is 0 Å². The third kappa shape index (κ3) is 4.68. The second-order valence-corrected chi connectivity index (χ2v) is 5.89. The number of halogens is 1. The predicted molar refractivity (Wildman–Crippen MR) is 106 cm³/mol. The van der Waals surface area contributed by atoms with Gasteiger partial charge >= 0.3 is 0 Å². The standard InChI is InChI=1S/C20H24N2O3.ClH/c1-3-24-18-8-6-15(12-19(18)25-4-2)20(23)22-17-7-5-14-9-10-21-13-16(14)11-17;/h5-8,11-12,21H,3-4,9-10,13H2,1-2H3,(H,22,23);1H. The van der Waals surface area contributed by atoms with Crippen LogP contribution in [0.4, 0.5) is 5.69 Å². The number of nitrogens with one attached hydrogen (secondary N) is 2. The molecule has 0 unspecified atom stereocenters. The Morgan fingerprint density at radius 1 is 1.04 bits per heavy atom. The molecule has 2 aromatic carbocycles. The number of benzene rings is 2. The average molecular weight is 377 g/mol. The molecule has 5 nitrogen and oxygen atoms in total. The maximum absolute atomic E-state index is 12.6. The normalized spacial score (nSPS) is 12.5. The zero-order valence-corrected chi connectivity index (χ0v) is 15.9. The number of carbonyl (C=O) groups excluding carboxylic acids is 1. The van der Waals surface area contributed by atoms with Crippen LogP contribution >= 0.6 is 12.4 Å². The molecule has 6 heteroatoms. The second kappa shape index (κ2) is 9.46. The van der Waals surface area contributed by atoms with Crippen molar-refractivity contribution >= 4 is 24.0 Å². The first kappa shape index (κ1) is 20.1. The summed E-state index contributed by atoms with van der Waals surface area (Å²) >= 11 is 0. The molecule has 2 N–H and O–H groups in total. The lowest BCUT2D eigenvalue weighted by atomic mass is 10.0. The first-order valence-electron chi connectivity index (χ1n) is 8.74. The van der Waals surface area contributed by atoms with Gasteiger partial charge < -0.3 is 20.1 Å². The fraction of sp³-hybridized carbons (Fsp3) is 0.350. The molecular weight excluding hydrogens is 352 g/mol. The molecule has 0 aromatic heterocycles. The van der Waals surface area contributed by atoms with Crippen LogP contribution in [0.2, 0.25) is 0 Å². The van der Waals surface area contributed by atoms with Crippen molar-refractivity contribution in [2.75, 3.05) is 25.1 Å². The summed E-state index contributed by atoms with van der Waals surface area (Å²) < 4.78 is 11.1. The Hall–Kier alpha value is -2.24. The fourth-order valence-corrected chi connectivity index (χ4v) is 2.95. The van der Waals surface area contributed by atoms with Crippen LogP contribution in [0, 0.1) is 0 Å². The summed E-state index contributed by atoms with van der Waals surface area (Å²) in [6, 6.07) is 11.3. The Morgan fingerprint density at radius 3 is 2.58 bits per heavy atom. The van der Waals surface area contributed by atoms with Crippen LogP contribution in [0.15, 0.2) is 36.4 Å². The molecule has 0 radical (unpaired) electrons. The van der Waals surface area contributed by atoms with E-state index < -0.39 is 0 Å². The lowest BCUT2D eigenvalue weighted by Crippen LogP contribution is -2.23. The third-order valence-corrected chi connectivity index (χ3v) is 4.16. The summed E-state index contributed by atoms with van der Waals surface area (Å²) in [5.41, 5.74) is 3.93. The van der Waals surface area contributed by atoms with E-state index in [2.05, 4.69) is 16.7 Å². The van der Waals surface area contributed by atoms with Crippen LogP contribution in [-0.2, 0) is 13.0 Å². The topological polar surface area (TPSA) is 59.6 Å². The molecule has 26 heavy (non-hydrogen) atoms. The van der Waals surface area contributed by atoms with Gasteiger partial charge in [0.25, 0.3) is 5.91 Å². The highest BCUT2D eigenvalue weighted by molar-refractivity contribution is 6.04. The van der Waals surface area contributed by atoms with E-state index in [9.17, 15) is 4.79 Å². The van der Waals surface area contributed by atoms with Gasteiger partial charge in [-0.05, 0) is 68.3 Å². The lowest BCUT2D eigenvalue weighted by Gasteiger charge is -2.18. The van der Waals surface area contributed by atoms with Crippen molar-refractivity contribution < 1.29 is 14.3 Å². The Labute approximate surface area is 160 Å². The minimum absolute atomic E-state index is 0. The van der Waals surface area contributed by atoms with Gasteiger partial charge in [0.2, 0.25) is 0 Å². The van der Waals surface area contributed by atoms with Crippen molar-refractivity contribution in [1.29, 1.82) is 0 Å². The van der Waals surface area contributed by atoms with Gasteiger partial charge in [0.15, 0.2) is 11.5 Å². The van der Waals surface area contributed by atoms with Crippen molar-refractivity contribution in [3.8, 4) is 11.5 Å². The first-order chi connectivity index (χ1) is 12.2. The molecule has 0 atom stereocenters. The number of hydrogen-bond donors (Lipinski definition) is 2. The van der Waals surface area contributed by atoms with Gasteiger partial charge in [-0.2, -0.15) is 0 Å². The molecule has 0 fully saturated rings. The summed E-state index contributed by atoms with van der Waals surface area (Å²) in [7, 11) is 0. The van der Waals surface area contributed by atoms with Crippen molar-refractivity contribution in [2.24, 2.45) is 0 Å². The SMILES string of the molecule is CCOc1ccc(C(=O)Nc2ccc3c(c2)CNCC3)cc1OCC.Cl. The smallest absolute Gasteiger partial charge is 0.255 e. The fourth-order valence-electron chi connectivity index (χ4n) is 2.95. The van der Waals surface area contributed by atoms with Crippen LogP contribution in [0.5, 0.6) is 11.5 Å². The van der Waals surface area contributed by atoms with E-state index in [-0.39, 0.29) is 18.3 Å². The minimum Gasteiger partial charge on any atom is -0.490 e. The Bertz CT molecular complexity index is 765. The molecule has 1 aliphatic heterocycles. The number of carbonyl (C=O) groups is 1. The van der Waals surface area contributed by atoms with E-state index in [0.717, 1.165) is 25.2 Å². The molecule has 1 heterocycles. The second-order valence-electron chi connectivity index (χ2n) is 5.89. The van der Waals surface area contributed by atoms with Gasteiger partial charge in [0.05, 0.1) is 13.2 Å². The van der Waals surface area contributed by atoms with E-state index in [0.29, 0.717) is 30.3 Å². The maximum Gasteiger partial charge on any atom is 0.255 e. The monoisotopic (exact) mass is 376 g/mol.